The molecule has 0 bridgehead atoms. The first kappa shape index (κ1) is 19.9. The van der Waals surface area contributed by atoms with Gasteiger partial charge in [0.1, 0.15) is 5.75 Å². The number of nitrogens with one attached hydrogen (secondary N) is 2. The van der Waals surface area contributed by atoms with Crippen LogP contribution in [-0.4, -0.2) is 25.5 Å². The standard InChI is InChI=1S/C23H28N2O3/c1-28-21-13-11-20(12-14-21)25-23(27)19-9-7-18(8-10-19)22(26)24-16-15-17-5-3-2-4-6-17/h2-6,11-14,18-19H,7-10,15-16H2,1H3,(H,24,26)(H,25,27). The molecule has 2 aromatic carbocycles. The highest BCUT2D eigenvalue weighted by Gasteiger charge is 2.29. The second kappa shape index (κ2) is 9.93. The summed E-state index contributed by atoms with van der Waals surface area (Å²) in [5, 5.41) is 6.01. The van der Waals surface area contributed by atoms with Crippen LogP contribution in [0.15, 0.2) is 54.6 Å². The average Bonchev–Trinajstić information content (AvgIpc) is 2.75. The number of hydrogen-bond acceptors (Lipinski definition) is 3. The van der Waals surface area contributed by atoms with Crippen LogP contribution in [0.5, 0.6) is 5.75 Å². The normalized spacial score (nSPS) is 18.9. The minimum atomic E-state index is -0.0320. The third kappa shape index (κ3) is 5.59. The zero-order valence-corrected chi connectivity index (χ0v) is 16.3. The number of anilines is 1. The number of rotatable bonds is 7. The Kier molecular flexibility index (Phi) is 7.06. The summed E-state index contributed by atoms with van der Waals surface area (Å²) in [5.74, 6) is 0.895. The predicted octanol–water partition coefficient (Wildman–Crippen LogP) is 3.80. The molecule has 0 atom stereocenters. The van der Waals surface area contributed by atoms with Gasteiger partial charge in [-0.1, -0.05) is 30.3 Å². The van der Waals surface area contributed by atoms with Gasteiger partial charge >= 0.3 is 0 Å². The van der Waals surface area contributed by atoms with E-state index >= 15 is 0 Å². The molecule has 0 saturated heterocycles. The van der Waals surface area contributed by atoms with E-state index < -0.39 is 0 Å². The van der Waals surface area contributed by atoms with Gasteiger partial charge in [-0.05, 0) is 61.9 Å². The second-order valence-electron chi connectivity index (χ2n) is 7.29. The third-order valence-electron chi connectivity index (χ3n) is 5.38. The van der Waals surface area contributed by atoms with Crippen molar-refractivity contribution in [3.63, 3.8) is 0 Å². The van der Waals surface area contributed by atoms with Gasteiger partial charge in [-0.15, -0.1) is 0 Å². The van der Waals surface area contributed by atoms with Crippen LogP contribution < -0.4 is 15.4 Å². The second-order valence-corrected chi connectivity index (χ2v) is 7.29. The summed E-state index contributed by atoms with van der Waals surface area (Å²) < 4.78 is 5.13. The third-order valence-corrected chi connectivity index (χ3v) is 5.38. The van der Waals surface area contributed by atoms with Crippen LogP contribution in [-0.2, 0) is 16.0 Å². The molecule has 148 valence electrons. The van der Waals surface area contributed by atoms with Gasteiger partial charge in [0.15, 0.2) is 0 Å². The van der Waals surface area contributed by atoms with E-state index in [1.54, 1.807) is 7.11 Å². The Bertz CT molecular complexity index is 766. The van der Waals surface area contributed by atoms with E-state index in [2.05, 4.69) is 22.8 Å². The molecule has 28 heavy (non-hydrogen) atoms. The summed E-state index contributed by atoms with van der Waals surface area (Å²) in [7, 11) is 1.61. The molecule has 1 aliphatic rings. The van der Waals surface area contributed by atoms with Crippen molar-refractivity contribution in [1.29, 1.82) is 0 Å². The molecule has 0 aromatic heterocycles. The van der Waals surface area contributed by atoms with E-state index in [0.29, 0.717) is 6.54 Å². The largest absolute Gasteiger partial charge is 0.497 e. The summed E-state index contributed by atoms with van der Waals surface area (Å²) in [6, 6.07) is 17.5. The number of benzene rings is 2. The maximum atomic E-state index is 12.5. The van der Waals surface area contributed by atoms with Gasteiger partial charge in [0.2, 0.25) is 11.8 Å². The molecular formula is C23H28N2O3. The Hall–Kier alpha value is -2.82. The average molecular weight is 380 g/mol. The topological polar surface area (TPSA) is 67.4 Å². The van der Waals surface area contributed by atoms with Crippen molar-refractivity contribution in [1.82, 2.24) is 5.32 Å². The molecular weight excluding hydrogens is 352 g/mol. The fourth-order valence-electron chi connectivity index (χ4n) is 3.66. The number of ether oxygens (including phenoxy) is 1. The smallest absolute Gasteiger partial charge is 0.227 e. The molecule has 0 heterocycles. The number of carbonyl (C=O) groups excluding carboxylic acids is 2. The van der Waals surface area contributed by atoms with Crippen LogP contribution >= 0.6 is 0 Å². The minimum absolute atomic E-state index is 0.0146. The maximum absolute atomic E-state index is 12.5. The monoisotopic (exact) mass is 380 g/mol. The van der Waals surface area contributed by atoms with E-state index in [1.807, 2.05) is 42.5 Å². The Morgan fingerprint density at radius 1 is 0.893 bits per heavy atom. The molecule has 5 nitrogen and oxygen atoms in total. The molecule has 3 rings (SSSR count). The van der Waals surface area contributed by atoms with Crippen LogP contribution in [0.1, 0.15) is 31.2 Å². The van der Waals surface area contributed by atoms with E-state index in [1.165, 1.54) is 5.56 Å². The molecule has 1 fully saturated rings. The molecule has 2 amide bonds. The molecule has 1 aliphatic carbocycles. The van der Waals surface area contributed by atoms with Gasteiger partial charge in [-0.2, -0.15) is 0 Å². The summed E-state index contributed by atoms with van der Waals surface area (Å²) in [4.78, 5) is 24.9. The number of amides is 2. The molecule has 0 radical (unpaired) electrons. The van der Waals surface area contributed by atoms with Crippen molar-refractivity contribution in [3.05, 3.63) is 60.2 Å². The van der Waals surface area contributed by atoms with Crippen LogP contribution in [0.3, 0.4) is 0 Å². The van der Waals surface area contributed by atoms with Gasteiger partial charge in [0, 0.05) is 24.1 Å². The zero-order valence-electron chi connectivity index (χ0n) is 16.3. The summed E-state index contributed by atoms with van der Waals surface area (Å²) in [6.07, 6.45) is 3.86. The highest BCUT2D eigenvalue weighted by atomic mass is 16.5. The van der Waals surface area contributed by atoms with Crippen molar-refractivity contribution >= 4 is 17.5 Å². The maximum Gasteiger partial charge on any atom is 0.227 e. The molecule has 0 aliphatic heterocycles. The van der Waals surface area contributed by atoms with E-state index in [-0.39, 0.29) is 23.7 Å². The van der Waals surface area contributed by atoms with E-state index in [9.17, 15) is 9.59 Å². The number of hydrogen-bond donors (Lipinski definition) is 2. The van der Waals surface area contributed by atoms with Crippen molar-refractivity contribution in [2.24, 2.45) is 11.8 Å². The highest BCUT2D eigenvalue weighted by molar-refractivity contribution is 5.92. The zero-order chi connectivity index (χ0) is 19.8. The van der Waals surface area contributed by atoms with Gasteiger partial charge in [-0.3, -0.25) is 9.59 Å². The summed E-state index contributed by atoms with van der Waals surface area (Å²) in [5.41, 5.74) is 1.99. The highest BCUT2D eigenvalue weighted by Crippen LogP contribution is 2.30. The first-order valence-corrected chi connectivity index (χ1v) is 9.92. The number of methoxy groups -OCH3 is 1. The van der Waals surface area contributed by atoms with Crippen molar-refractivity contribution in [3.8, 4) is 5.75 Å². The first-order chi connectivity index (χ1) is 13.7. The van der Waals surface area contributed by atoms with Gasteiger partial charge in [0.25, 0.3) is 0 Å². The minimum Gasteiger partial charge on any atom is -0.497 e. The lowest BCUT2D eigenvalue weighted by Crippen LogP contribution is -2.36. The molecule has 1 saturated carbocycles. The van der Waals surface area contributed by atoms with Gasteiger partial charge in [0.05, 0.1) is 7.11 Å². The molecule has 2 aromatic rings. The first-order valence-electron chi connectivity index (χ1n) is 9.92. The van der Waals surface area contributed by atoms with E-state index in [4.69, 9.17) is 4.74 Å². The summed E-state index contributed by atoms with van der Waals surface area (Å²) in [6.45, 7) is 0.654. The lowest BCUT2D eigenvalue weighted by atomic mass is 9.81. The molecule has 0 spiro atoms. The van der Waals surface area contributed by atoms with Crippen molar-refractivity contribution in [2.75, 3.05) is 19.0 Å². The SMILES string of the molecule is COc1ccc(NC(=O)C2CCC(C(=O)NCCc3ccccc3)CC2)cc1. The van der Waals surface area contributed by atoms with Crippen molar-refractivity contribution in [2.45, 2.75) is 32.1 Å². The van der Waals surface area contributed by atoms with Crippen LogP contribution in [0, 0.1) is 11.8 Å². The fourth-order valence-corrected chi connectivity index (χ4v) is 3.66. The molecule has 0 unspecified atom stereocenters. The summed E-state index contributed by atoms with van der Waals surface area (Å²) >= 11 is 0. The van der Waals surface area contributed by atoms with Crippen molar-refractivity contribution < 1.29 is 14.3 Å². The lowest BCUT2D eigenvalue weighted by Gasteiger charge is -2.27. The predicted molar refractivity (Wildman–Crippen MR) is 110 cm³/mol. The Morgan fingerprint density at radius 2 is 1.50 bits per heavy atom. The quantitative estimate of drug-likeness (QED) is 0.768. The van der Waals surface area contributed by atoms with Gasteiger partial charge < -0.3 is 15.4 Å². The van der Waals surface area contributed by atoms with Gasteiger partial charge in [-0.25, -0.2) is 0 Å². The van der Waals surface area contributed by atoms with E-state index in [0.717, 1.165) is 43.5 Å². The van der Waals surface area contributed by atoms with Crippen LogP contribution in [0.25, 0.3) is 0 Å². The molecule has 5 heteroatoms. The fraction of sp³-hybridized carbons (Fsp3) is 0.391. The van der Waals surface area contributed by atoms with Crippen LogP contribution in [0.4, 0.5) is 5.69 Å². The molecule has 2 N–H and O–H groups in total. The van der Waals surface area contributed by atoms with Crippen LogP contribution in [0.2, 0.25) is 0 Å². The Labute approximate surface area is 166 Å². The Morgan fingerprint density at radius 3 is 2.11 bits per heavy atom. The lowest BCUT2D eigenvalue weighted by molar-refractivity contribution is -0.128. The Balaban J connectivity index is 1.39. The number of carbonyl (C=O) groups is 2.